The third kappa shape index (κ3) is 8.34. The Kier molecular flexibility index (Phi) is 13.0. The summed E-state index contributed by atoms with van der Waals surface area (Å²) in [5, 5.41) is 9.71. The highest BCUT2D eigenvalue weighted by atomic mass is 35.5. The summed E-state index contributed by atoms with van der Waals surface area (Å²) >= 11 is 0. The van der Waals surface area contributed by atoms with Crippen LogP contribution in [0.4, 0.5) is 11.4 Å². The first-order chi connectivity index (χ1) is 19.2. The van der Waals surface area contributed by atoms with Gasteiger partial charge in [0.15, 0.2) is 0 Å². The molecule has 2 aliphatic rings. The number of nitrogens with two attached hydrogens (primary N) is 1. The molecule has 13 heteroatoms. The number of likely N-dealkylation sites (N-methyl/N-ethyl adjacent to an activating group) is 2. The lowest BCUT2D eigenvalue weighted by molar-refractivity contribution is -0.145. The molecule has 4 N–H and O–H groups in total. The molecule has 230 valence electrons. The normalized spacial score (nSPS) is 15.8. The van der Waals surface area contributed by atoms with Gasteiger partial charge in [0.2, 0.25) is 17.7 Å². The Labute approximate surface area is 259 Å². The number of carbonyl (C=O) groups excluding carboxylic acids is 4. The summed E-state index contributed by atoms with van der Waals surface area (Å²) in [4.78, 5) is 53.8. The van der Waals surface area contributed by atoms with Crippen molar-refractivity contribution in [1.82, 2.24) is 20.7 Å². The molecule has 11 nitrogen and oxygen atoms in total. The second-order valence-electron chi connectivity index (χ2n) is 10.3. The number of rotatable bonds is 12. The van der Waals surface area contributed by atoms with E-state index >= 15 is 0 Å². The Balaban J connectivity index is 0.00000308. The Morgan fingerprint density at radius 2 is 1.69 bits per heavy atom. The Hall–Kier alpha value is -3.38. The van der Waals surface area contributed by atoms with Gasteiger partial charge >= 0.3 is 0 Å². The van der Waals surface area contributed by atoms with E-state index in [2.05, 4.69) is 22.8 Å². The quantitative estimate of drug-likeness (QED) is 0.307. The van der Waals surface area contributed by atoms with Crippen molar-refractivity contribution in [3.05, 3.63) is 59.2 Å². The molecule has 0 bridgehead atoms. The fourth-order valence-corrected chi connectivity index (χ4v) is 5.18. The zero-order valence-electron chi connectivity index (χ0n) is 24.3. The summed E-state index contributed by atoms with van der Waals surface area (Å²) in [5.41, 5.74) is 9.99. The van der Waals surface area contributed by atoms with Crippen molar-refractivity contribution in [1.29, 1.82) is 0 Å². The molecule has 2 aromatic rings. The van der Waals surface area contributed by atoms with Crippen LogP contribution in [0.3, 0.4) is 0 Å². The maximum atomic E-state index is 13.5. The fourth-order valence-electron chi connectivity index (χ4n) is 5.18. The number of aryl methyl sites for hydroxylation is 1. The smallest absolute Gasteiger partial charge is 0.256 e. The Bertz CT molecular complexity index is 1250. The number of primary amides is 1. The van der Waals surface area contributed by atoms with Gasteiger partial charge in [0.05, 0.1) is 19.0 Å². The maximum absolute atomic E-state index is 13.5. The van der Waals surface area contributed by atoms with Crippen LogP contribution >= 0.6 is 24.8 Å². The monoisotopic (exact) mass is 621 g/mol. The summed E-state index contributed by atoms with van der Waals surface area (Å²) in [5.74, 6) is -1.49. The summed E-state index contributed by atoms with van der Waals surface area (Å²) in [7, 11) is 1.76. The first-order valence-corrected chi connectivity index (χ1v) is 13.7. The van der Waals surface area contributed by atoms with Crippen LogP contribution in [-0.4, -0.2) is 80.0 Å². The van der Waals surface area contributed by atoms with Crippen molar-refractivity contribution in [3.63, 3.8) is 0 Å². The number of fused-ring (bicyclic) bond motifs is 1. The molecule has 0 radical (unpaired) electrons. The third-order valence-electron chi connectivity index (χ3n) is 7.50. The van der Waals surface area contributed by atoms with Crippen LogP contribution in [0.25, 0.3) is 0 Å². The van der Waals surface area contributed by atoms with Gasteiger partial charge in [-0.05, 0) is 48.4 Å². The average molecular weight is 623 g/mol. The Morgan fingerprint density at radius 3 is 2.26 bits per heavy atom. The molecule has 0 aromatic heterocycles. The number of hydrazine groups is 1. The number of hydrogen-bond acceptors (Lipinski definition) is 7. The van der Waals surface area contributed by atoms with Crippen LogP contribution in [0.2, 0.25) is 0 Å². The van der Waals surface area contributed by atoms with Crippen molar-refractivity contribution in [3.8, 4) is 0 Å². The second-order valence-corrected chi connectivity index (χ2v) is 10.3. The minimum atomic E-state index is -0.514. The molecule has 42 heavy (non-hydrogen) atoms. The van der Waals surface area contributed by atoms with E-state index in [1.807, 2.05) is 43.1 Å². The van der Waals surface area contributed by atoms with Crippen molar-refractivity contribution in [2.45, 2.75) is 33.4 Å². The molecule has 0 saturated carbocycles. The first kappa shape index (κ1) is 34.8. The largest absolute Gasteiger partial charge is 0.369 e. The minimum Gasteiger partial charge on any atom is -0.369 e. The van der Waals surface area contributed by atoms with E-state index in [-0.39, 0.29) is 68.6 Å². The Morgan fingerprint density at radius 1 is 1.02 bits per heavy atom. The number of nitrogens with zero attached hydrogens (tertiary/aromatic N) is 4. The number of hydrogen-bond donors (Lipinski definition) is 3. The first-order valence-electron chi connectivity index (χ1n) is 13.7. The van der Waals surface area contributed by atoms with Gasteiger partial charge in [0.1, 0.15) is 0 Å². The molecule has 2 heterocycles. The fraction of sp³-hybridized carbons (Fsp3) is 0.448. The van der Waals surface area contributed by atoms with Crippen LogP contribution in [0.5, 0.6) is 0 Å². The summed E-state index contributed by atoms with van der Waals surface area (Å²) in [6.45, 7) is 7.36. The van der Waals surface area contributed by atoms with Gasteiger partial charge < -0.3 is 26.2 Å². The lowest BCUT2D eigenvalue weighted by atomic mass is 10.1. The van der Waals surface area contributed by atoms with Crippen molar-refractivity contribution >= 4 is 59.8 Å². The predicted octanol–water partition coefficient (Wildman–Crippen LogP) is 1.60. The minimum absolute atomic E-state index is 0. The van der Waals surface area contributed by atoms with E-state index in [1.165, 1.54) is 11.1 Å². The van der Waals surface area contributed by atoms with E-state index in [1.54, 1.807) is 27.9 Å². The molecule has 1 fully saturated rings. The van der Waals surface area contributed by atoms with E-state index < -0.39 is 11.8 Å². The zero-order valence-corrected chi connectivity index (χ0v) is 25.9. The van der Waals surface area contributed by atoms with Gasteiger partial charge in [-0.15, -0.1) is 24.8 Å². The van der Waals surface area contributed by atoms with Crippen LogP contribution in [0.1, 0.15) is 30.0 Å². The van der Waals surface area contributed by atoms with E-state index in [4.69, 9.17) is 5.73 Å². The summed E-state index contributed by atoms with van der Waals surface area (Å²) in [6.07, 6.45) is 0.0938. The van der Waals surface area contributed by atoms with Gasteiger partial charge in [0, 0.05) is 57.6 Å². The number of amides is 4. The van der Waals surface area contributed by atoms with Crippen LogP contribution in [0, 0.1) is 12.8 Å². The predicted molar refractivity (Wildman–Crippen MR) is 168 cm³/mol. The maximum Gasteiger partial charge on any atom is 0.256 e. The van der Waals surface area contributed by atoms with Gasteiger partial charge in [-0.25, -0.2) is 5.01 Å². The highest BCUT2D eigenvalue weighted by molar-refractivity contribution is 6.00. The molecule has 2 aromatic carbocycles. The van der Waals surface area contributed by atoms with E-state index in [0.717, 1.165) is 17.8 Å². The van der Waals surface area contributed by atoms with Crippen LogP contribution in [0.15, 0.2) is 42.5 Å². The van der Waals surface area contributed by atoms with Crippen molar-refractivity contribution in [2.24, 2.45) is 11.7 Å². The van der Waals surface area contributed by atoms with Gasteiger partial charge in [-0.2, -0.15) is 0 Å². The number of halogens is 2. The van der Waals surface area contributed by atoms with Crippen LogP contribution < -0.4 is 26.2 Å². The molecule has 2 aliphatic heterocycles. The number of anilines is 2. The molecule has 0 spiro atoms. The van der Waals surface area contributed by atoms with E-state index in [0.29, 0.717) is 31.9 Å². The lowest BCUT2D eigenvalue weighted by Gasteiger charge is -2.32. The molecule has 0 aliphatic carbocycles. The third-order valence-corrected chi connectivity index (χ3v) is 7.50. The standard InChI is InChI=1S/C29H39N7O4.2ClH/c1-4-31-11-12-32-26(37)18-34(19-28(39)33(3)35-15-21-7-5-6-8-22(21)16-35)25-10-9-24(13-20(25)2)36-17-23(29(30)40)14-27(36)38;;/h5-10,13,23,31H,4,11-12,14-19H2,1-3H3,(H2,30,40)(H,32,37);2*1H. The van der Waals surface area contributed by atoms with Gasteiger partial charge in [-0.1, -0.05) is 31.2 Å². The highest BCUT2D eigenvalue weighted by Gasteiger charge is 2.34. The molecule has 4 rings (SSSR count). The number of benzene rings is 2. The SMILES string of the molecule is CCNCCNC(=O)CN(CC(=O)N(C)N1Cc2ccccc2C1)c1ccc(N2CC(C(N)=O)CC2=O)cc1C.Cl.Cl. The molecular formula is C29H41Cl2N7O4. The average Bonchev–Trinajstić information content (AvgIpc) is 3.54. The lowest BCUT2D eigenvalue weighted by Crippen LogP contribution is -2.48. The second kappa shape index (κ2) is 15.7. The van der Waals surface area contributed by atoms with E-state index in [9.17, 15) is 19.2 Å². The topological polar surface area (TPSA) is 131 Å². The molecule has 4 amide bonds. The number of carbonyl (C=O) groups is 4. The molecule has 1 saturated heterocycles. The zero-order chi connectivity index (χ0) is 28.8. The summed E-state index contributed by atoms with van der Waals surface area (Å²) < 4.78 is 0. The van der Waals surface area contributed by atoms with Crippen molar-refractivity contribution < 1.29 is 19.2 Å². The van der Waals surface area contributed by atoms with Gasteiger partial charge in [0.25, 0.3) is 5.91 Å². The number of nitrogens with one attached hydrogen (secondary N) is 2. The van der Waals surface area contributed by atoms with Crippen molar-refractivity contribution in [2.75, 3.05) is 56.1 Å². The highest BCUT2D eigenvalue weighted by Crippen LogP contribution is 2.30. The summed E-state index contributed by atoms with van der Waals surface area (Å²) in [6, 6.07) is 13.6. The molecule has 1 unspecified atom stereocenters. The van der Waals surface area contributed by atoms with Crippen LogP contribution in [-0.2, 0) is 32.3 Å². The molecular weight excluding hydrogens is 581 g/mol. The van der Waals surface area contributed by atoms with Gasteiger partial charge in [-0.3, -0.25) is 24.2 Å². The molecule has 1 atom stereocenters.